The summed E-state index contributed by atoms with van der Waals surface area (Å²) in [5.74, 6) is 0. The third-order valence-electron chi connectivity index (χ3n) is 2.50. The number of hydrogen-bond acceptors (Lipinski definition) is 2. The van der Waals surface area contributed by atoms with Gasteiger partial charge in [-0.25, -0.2) is 0 Å². The minimum absolute atomic E-state index is 0.381. The molecule has 1 aromatic rings. The molecule has 0 aliphatic rings. The topological polar surface area (TPSA) is 49.8 Å². The molecule has 2 N–H and O–H groups in total. The maximum absolute atomic E-state index is 9.03. The lowest BCUT2D eigenvalue weighted by Gasteiger charge is -2.19. The SMILES string of the molecule is CCC(C)(C#N)c1ccc(N)cc1. The Kier molecular flexibility index (Phi) is 2.57. The first-order valence-corrected chi connectivity index (χ1v) is 4.39. The molecule has 0 heterocycles. The lowest BCUT2D eigenvalue weighted by Crippen LogP contribution is -2.17. The molecular formula is C11H14N2. The molecule has 68 valence electrons. The average Bonchev–Trinajstić information content (AvgIpc) is 2.18. The van der Waals surface area contributed by atoms with Crippen molar-refractivity contribution in [3.8, 4) is 6.07 Å². The Balaban J connectivity index is 3.08. The van der Waals surface area contributed by atoms with Gasteiger partial charge in [0.1, 0.15) is 0 Å². The standard InChI is InChI=1S/C11H14N2/c1-3-11(2,8-12)9-4-6-10(13)7-5-9/h4-7H,3,13H2,1-2H3. The smallest absolute Gasteiger partial charge is 0.0791 e. The fourth-order valence-corrected chi connectivity index (χ4v) is 1.20. The van der Waals surface area contributed by atoms with Crippen LogP contribution in [0, 0.1) is 11.3 Å². The van der Waals surface area contributed by atoms with Gasteiger partial charge in [-0.15, -0.1) is 0 Å². The number of rotatable bonds is 2. The van der Waals surface area contributed by atoms with Crippen molar-refractivity contribution in [2.75, 3.05) is 5.73 Å². The Morgan fingerprint density at radius 1 is 1.38 bits per heavy atom. The van der Waals surface area contributed by atoms with E-state index in [9.17, 15) is 0 Å². The molecule has 0 radical (unpaired) electrons. The Hall–Kier alpha value is -1.49. The molecule has 2 heteroatoms. The van der Waals surface area contributed by atoms with Crippen LogP contribution in [0.3, 0.4) is 0 Å². The highest BCUT2D eigenvalue weighted by Gasteiger charge is 2.23. The van der Waals surface area contributed by atoms with Gasteiger partial charge in [0.15, 0.2) is 0 Å². The number of hydrogen-bond donors (Lipinski definition) is 1. The Morgan fingerprint density at radius 2 is 1.92 bits per heavy atom. The van der Waals surface area contributed by atoms with Crippen molar-refractivity contribution >= 4 is 5.69 Å². The molecule has 0 bridgehead atoms. The van der Waals surface area contributed by atoms with Crippen LogP contribution in [0.5, 0.6) is 0 Å². The molecule has 0 aliphatic heterocycles. The van der Waals surface area contributed by atoms with Crippen LogP contribution < -0.4 is 5.73 Å². The first kappa shape index (κ1) is 9.60. The molecule has 1 unspecified atom stereocenters. The van der Waals surface area contributed by atoms with Gasteiger partial charge in [0.2, 0.25) is 0 Å². The van der Waals surface area contributed by atoms with Gasteiger partial charge >= 0.3 is 0 Å². The molecule has 0 fully saturated rings. The minimum Gasteiger partial charge on any atom is -0.399 e. The number of nitriles is 1. The highest BCUT2D eigenvalue weighted by atomic mass is 14.5. The monoisotopic (exact) mass is 174 g/mol. The second kappa shape index (κ2) is 3.49. The number of nitrogens with zero attached hydrogens (tertiary/aromatic N) is 1. The van der Waals surface area contributed by atoms with Crippen LogP contribution in [0.25, 0.3) is 0 Å². The van der Waals surface area contributed by atoms with E-state index in [1.54, 1.807) is 0 Å². The highest BCUT2D eigenvalue weighted by molar-refractivity contribution is 5.43. The zero-order chi connectivity index (χ0) is 9.90. The van der Waals surface area contributed by atoms with Crippen LogP contribution in [-0.4, -0.2) is 0 Å². The van der Waals surface area contributed by atoms with Crippen LogP contribution >= 0.6 is 0 Å². The van der Waals surface area contributed by atoms with Crippen LogP contribution in [0.2, 0.25) is 0 Å². The summed E-state index contributed by atoms with van der Waals surface area (Å²) in [7, 11) is 0. The summed E-state index contributed by atoms with van der Waals surface area (Å²) >= 11 is 0. The minimum atomic E-state index is -0.381. The van der Waals surface area contributed by atoms with Gasteiger partial charge in [-0.05, 0) is 31.0 Å². The molecular weight excluding hydrogens is 160 g/mol. The molecule has 0 aliphatic carbocycles. The molecule has 0 saturated carbocycles. The molecule has 0 aromatic heterocycles. The van der Waals surface area contributed by atoms with E-state index in [1.165, 1.54) is 0 Å². The van der Waals surface area contributed by atoms with Gasteiger partial charge in [0.25, 0.3) is 0 Å². The zero-order valence-electron chi connectivity index (χ0n) is 8.04. The maximum Gasteiger partial charge on any atom is 0.0791 e. The summed E-state index contributed by atoms with van der Waals surface area (Å²) in [6, 6.07) is 9.83. The lowest BCUT2D eigenvalue weighted by atomic mass is 9.82. The first-order chi connectivity index (χ1) is 6.12. The van der Waals surface area contributed by atoms with Gasteiger partial charge < -0.3 is 5.73 Å². The summed E-state index contributed by atoms with van der Waals surface area (Å²) in [6.45, 7) is 3.96. The van der Waals surface area contributed by atoms with Crippen molar-refractivity contribution in [3.05, 3.63) is 29.8 Å². The predicted molar refractivity (Wildman–Crippen MR) is 54.1 cm³/mol. The van der Waals surface area contributed by atoms with E-state index >= 15 is 0 Å². The molecule has 1 aromatic carbocycles. The predicted octanol–water partition coefficient (Wildman–Crippen LogP) is 2.46. The van der Waals surface area contributed by atoms with Crippen LogP contribution in [0.1, 0.15) is 25.8 Å². The van der Waals surface area contributed by atoms with E-state index in [0.29, 0.717) is 0 Å². The van der Waals surface area contributed by atoms with E-state index in [4.69, 9.17) is 11.0 Å². The van der Waals surface area contributed by atoms with Crippen molar-refractivity contribution in [1.29, 1.82) is 5.26 Å². The molecule has 0 spiro atoms. The molecule has 2 nitrogen and oxygen atoms in total. The lowest BCUT2D eigenvalue weighted by molar-refractivity contribution is 0.587. The van der Waals surface area contributed by atoms with Gasteiger partial charge in [-0.3, -0.25) is 0 Å². The van der Waals surface area contributed by atoms with Gasteiger partial charge in [0, 0.05) is 5.69 Å². The van der Waals surface area contributed by atoms with E-state index in [-0.39, 0.29) is 5.41 Å². The third kappa shape index (κ3) is 1.81. The van der Waals surface area contributed by atoms with Crippen molar-refractivity contribution in [2.45, 2.75) is 25.7 Å². The number of benzene rings is 1. The maximum atomic E-state index is 9.03. The van der Waals surface area contributed by atoms with E-state index in [1.807, 2.05) is 38.1 Å². The Bertz CT molecular complexity index is 321. The molecule has 13 heavy (non-hydrogen) atoms. The largest absolute Gasteiger partial charge is 0.399 e. The number of nitrogen functional groups attached to an aromatic ring is 1. The molecule has 0 amide bonds. The molecule has 1 atom stereocenters. The Morgan fingerprint density at radius 3 is 2.31 bits per heavy atom. The fraction of sp³-hybridized carbons (Fsp3) is 0.364. The van der Waals surface area contributed by atoms with Gasteiger partial charge in [-0.2, -0.15) is 5.26 Å². The van der Waals surface area contributed by atoms with E-state index < -0.39 is 0 Å². The van der Waals surface area contributed by atoms with E-state index in [0.717, 1.165) is 17.7 Å². The summed E-state index contributed by atoms with van der Waals surface area (Å²) in [6.07, 6.45) is 0.813. The zero-order valence-corrected chi connectivity index (χ0v) is 8.04. The highest BCUT2D eigenvalue weighted by Crippen LogP contribution is 2.26. The van der Waals surface area contributed by atoms with Gasteiger partial charge in [0.05, 0.1) is 11.5 Å². The second-order valence-electron chi connectivity index (χ2n) is 3.42. The van der Waals surface area contributed by atoms with Crippen molar-refractivity contribution in [2.24, 2.45) is 0 Å². The van der Waals surface area contributed by atoms with Gasteiger partial charge in [-0.1, -0.05) is 19.1 Å². The molecule has 0 saturated heterocycles. The third-order valence-corrected chi connectivity index (χ3v) is 2.50. The average molecular weight is 174 g/mol. The van der Waals surface area contributed by atoms with Crippen molar-refractivity contribution < 1.29 is 0 Å². The van der Waals surface area contributed by atoms with Crippen molar-refractivity contribution in [3.63, 3.8) is 0 Å². The summed E-state index contributed by atoms with van der Waals surface area (Å²) < 4.78 is 0. The van der Waals surface area contributed by atoms with Crippen LogP contribution in [0.4, 0.5) is 5.69 Å². The number of anilines is 1. The van der Waals surface area contributed by atoms with Crippen LogP contribution in [-0.2, 0) is 5.41 Å². The normalized spacial score (nSPS) is 14.5. The second-order valence-corrected chi connectivity index (χ2v) is 3.42. The summed E-state index contributed by atoms with van der Waals surface area (Å²) in [4.78, 5) is 0. The summed E-state index contributed by atoms with van der Waals surface area (Å²) in [5.41, 5.74) is 6.96. The first-order valence-electron chi connectivity index (χ1n) is 4.39. The molecule has 1 rings (SSSR count). The number of nitrogens with two attached hydrogens (primary N) is 1. The van der Waals surface area contributed by atoms with E-state index in [2.05, 4.69) is 6.07 Å². The van der Waals surface area contributed by atoms with Crippen LogP contribution in [0.15, 0.2) is 24.3 Å². The quantitative estimate of drug-likeness (QED) is 0.700. The summed E-state index contributed by atoms with van der Waals surface area (Å²) in [5, 5.41) is 9.03. The fourth-order valence-electron chi connectivity index (χ4n) is 1.20. The van der Waals surface area contributed by atoms with Crippen molar-refractivity contribution in [1.82, 2.24) is 0 Å². The Labute approximate surface area is 79.0 Å².